The number of rotatable bonds is 7. The molecule has 0 aliphatic carbocycles. The van der Waals surface area contributed by atoms with Gasteiger partial charge in [0.25, 0.3) is 0 Å². The van der Waals surface area contributed by atoms with Crippen LogP contribution in [0.3, 0.4) is 0 Å². The first-order valence-electron chi connectivity index (χ1n) is 7.08. The quantitative estimate of drug-likeness (QED) is 0.795. The molecule has 0 amide bonds. The Morgan fingerprint density at radius 1 is 1.32 bits per heavy atom. The second-order valence-corrected chi connectivity index (χ2v) is 5.27. The van der Waals surface area contributed by atoms with Gasteiger partial charge in [0.1, 0.15) is 12.4 Å². The van der Waals surface area contributed by atoms with Gasteiger partial charge in [-0.15, -0.1) is 0 Å². The van der Waals surface area contributed by atoms with Crippen LogP contribution in [-0.4, -0.2) is 24.4 Å². The van der Waals surface area contributed by atoms with Gasteiger partial charge in [0.15, 0.2) is 0 Å². The van der Waals surface area contributed by atoms with Crippen LogP contribution < -0.4 is 10.1 Å². The van der Waals surface area contributed by atoms with E-state index in [0.29, 0.717) is 19.4 Å². The lowest BCUT2D eigenvalue weighted by Gasteiger charge is -2.26. The van der Waals surface area contributed by atoms with Crippen molar-refractivity contribution >= 4 is 0 Å². The van der Waals surface area contributed by atoms with Crippen LogP contribution in [-0.2, 0) is 0 Å². The van der Waals surface area contributed by atoms with Crippen molar-refractivity contribution in [3.8, 4) is 5.75 Å². The maximum atomic E-state index is 10.3. The summed E-state index contributed by atoms with van der Waals surface area (Å²) in [5.74, 6) is 0.854. The van der Waals surface area contributed by atoms with Gasteiger partial charge >= 0.3 is 0 Å². The van der Waals surface area contributed by atoms with Crippen LogP contribution >= 0.6 is 0 Å². The van der Waals surface area contributed by atoms with Crippen LogP contribution in [0, 0.1) is 6.92 Å². The van der Waals surface area contributed by atoms with E-state index in [1.54, 1.807) is 0 Å². The topological polar surface area (TPSA) is 41.5 Å². The minimum Gasteiger partial charge on any atom is -0.490 e. The first kappa shape index (κ1) is 16.0. The average Bonchev–Trinajstić information content (AvgIpc) is 2.44. The third-order valence-electron chi connectivity index (χ3n) is 3.88. The lowest BCUT2D eigenvalue weighted by molar-refractivity contribution is -0.0117. The highest BCUT2D eigenvalue weighted by Gasteiger charge is 2.24. The maximum Gasteiger partial charge on any atom is 0.124 e. The number of hydrogen-bond donors (Lipinski definition) is 2. The Labute approximate surface area is 117 Å². The number of nitrogens with one attached hydrogen (secondary N) is 1. The normalized spacial score (nSPS) is 13.4. The zero-order valence-electron chi connectivity index (χ0n) is 12.8. The standard InChI is InChI=1S/C16H27NO2/c1-6-16(18,7-2)11-19-15-9-8-12(3)10-14(15)13(4)17-5/h8-10,13,17-18H,6-7,11H2,1-5H3. The van der Waals surface area contributed by atoms with E-state index in [1.807, 2.05) is 33.0 Å². The Hall–Kier alpha value is -1.06. The molecule has 0 aromatic heterocycles. The number of aliphatic hydroxyl groups is 1. The van der Waals surface area contributed by atoms with Crippen molar-refractivity contribution in [2.24, 2.45) is 0 Å². The van der Waals surface area contributed by atoms with E-state index in [4.69, 9.17) is 4.74 Å². The van der Waals surface area contributed by atoms with Gasteiger partial charge in [-0.1, -0.05) is 31.5 Å². The molecule has 0 saturated carbocycles. The maximum absolute atomic E-state index is 10.3. The summed E-state index contributed by atoms with van der Waals surface area (Å²) in [4.78, 5) is 0. The summed E-state index contributed by atoms with van der Waals surface area (Å²) in [6.07, 6.45) is 1.40. The zero-order valence-corrected chi connectivity index (χ0v) is 12.8. The fraction of sp³-hybridized carbons (Fsp3) is 0.625. The Bertz CT molecular complexity index is 400. The van der Waals surface area contributed by atoms with Crippen molar-refractivity contribution in [1.82, 2.24) is 5.32 Å². The Kier molecular flexibility index (Phi) is 5.83. The largest absolute Gasteiger partial charge is 0.490 e. The van der Waals surface area contributed by atoms with Crippen molar-refractivity contribution in [2.45, 2.75) is 52.2 Å². The summed E-state index contributed by atoms with van der Waals surface area (Å²) < 4.78 is 5.87. The summed E-state index contributed by atoms with van der Waals surface area (Å²) in [7, 11) is 1.94. The summed E-state index contributed by atoms with van der Waals surface area (Å²) in [6.45, 7) is 8.49. The molecule has 0 saturated heterocycles. The number of ether oxygens (including phenoxy) is 1. The van der Waals surface area contributed by atoms with Crippen LogP contribution in [0.15, 0.2) is 18.2 Å². The van der Waals surface area contributed by atoms with E-state index in [9.17, 15) is 5.11 Å². The molecule has 1 aromatic carbocycles. The van der Waals surface area contributed by atoms with E-state index in [1.165, 1.54) is 5.56 Å². The smallest absolute Gasteiger partial charge is 0.124 e. The van der Waals surface area contributed by atoms with Crippen LogP contribution in [0.4, 0.5) is 0 Å². The molecule has 3 heteroatoms. The SMILES string of the molecule is CCC(O)(CC)COc1ccc(C)cc1C(C)NC. The van der Waals surface area contributed by atoms with Crippen molar-refractivity contribution < 1.29 is 9.84 Å². The van der Waals surface area contributed by atoms with Gasteiger partial charge in [0.05, 0.1) is 5.60 Å². The average molecular weight is 265 g/mol. The van der Waals surface area contributed by atoms with E-state index in [2.05, 4.69) is 25.2 Å². The summed E-state index contributed by atoms with van der Waals surface area (Å²) in [6, 6.07) is 6.39. The molecule has 0 aliphatic rings. The molecule has 3 nitrogen and oxygen atoms in total. The lowest BCUT2D eigenvalue weighted by atomic mass is 9.99. The van der Waals surface area contributed by atoms with Gasteiger partial charge in [0, 0.05) is 11.6 Å². The molecule has 1 atom stereocenters. The molecule has 108 valence electrons. The summed E-state index contributed by atoms with van der Waals surface area (Å²) in [5, 5.41) is 13.5. The number of aryl methyl sites for hydroxylation is 1. The number of hydrogen-bond acceptors (Lipinski definition) is 3. The summed E-state index contributed by atoms with van der Waals surface area (Å²) >= 11 is 0. The van der Waals surface area contributed by atoms with Gasteiger partial charge in [-0.25, -0.2) is 0 Å². The second kappa shape index (κ2) is 6.92. The predicted molar refractivity (Wildman–Crippen MR) is 79.7 cm³/mol. The van der Waals surface area contributed by atoms with Crippen LogP contribution in [0.5, 0.6) is 5.75 Å². The molecule has 0 aliphatic heterocycles. The second-order valence-electron chi connectivity index (χ2n) is 5.27. The third-order valence-corrected chi connectivity index (χ3v) is 3.88. The molecule has 0 spiro atoms. The monoisotopic (exact) mass is 265 g/mol. The van der Waals surface area contributed by atoms with Gasteiger partial charge in [-0.2, -0.15) is 0 Å². The molecule has 1 rings (SSSR count). The first-order chi connectivity index (χ1) is 8.95. The van der Waals surface area contributed by atoms with Gasteiger partial charge < -0.3 is 15.2 Å². The number of benzene rings is 1. The molecule has 1 unspecified atom stereocenters. The Morgan fingerprint density at radius 3 is 2.47 bits per heavy atom. The van der Waals surface area contributed by atoms with E-state index in [0.717, 1.165) is 11.3 Å². The van der Waals surface area contributed by atoms with Crippen LogP contribution in [0.2, 0.25) is 0 Å². The minimum absolute atomic E-state index is 0.228. The predicted octanol–water partition coefficient (Wildman–Crippen LogP) is 3.21. The van der Waals surface area contributed by atoms with E-state index in [-0.39, 0.29) is 6.04 Å². The molecule has 1 aromatic rings. The van der Waals surface area contributed by atoms with Gasteiger partial charge in [-0.3, -0.25) is 0 Å². The molecular formula is C16H27NO2. The molecule has 19 heavy (non-hydrogen) atoms. The highest BCUT2D eigenvalue weighted by atomic mass is 16.5. The molecule has 0 fully saturated rings. The fourth-order valence-electron chi connectivity index (χ4n) is 1.96. The fourth-order valence-corrected chi connectivity index (χ4v) is 1.96. The molecular weight excluding hydrogens is 238 g/mol. The van der Waals surface area contributed by atoms with Gasteiger partial charge in [0.2, 0.25) is 0 Å². The summed E-state index contributed by atoms with van der Waals surface area (Å²) in [5.41, 5.74) is 1.62. The van der Waals surface area contributed by atoms with Crippen molar-refractivity contribution in [3.63, 3.8) is 0 Å². The van der Waals surface area contributed by atoms with Crippen LogP contribution in [0.1, 0.15) is 50.8 Å². The Balaban J connectivity index is 2.89. The van der Waals surface area contributed by atoms with Crippen molar-refractivity contribution in [2.75, 3.05) is 13.7 Å². The first-order valence-corrected chi connectivity index (χ1v) is 7.08. The molecule has 0 heterocycles. The van der Waals surface area contributed by atoms with E-state index < -0.39 is 5.60 Å². The lowest BCUT2D eigenvalue weighted by Crippen LogP contribution is -2.34. The van der Waals surface area contributed by atoms with E-state index >= 15 is 0 Å². The zero-order chi connectivity index (χ0) is 14.5. The van der Waals surface area contributed by atoms with Crippen molar-refractivity contribution in [3.05, 3.63) is 29.3 Å². The molecule has 0 radical (unpaired) electrons. The Morgan fingerprint density at radius 2 is 1.95 bits per heavy atom. The van der Waals surface area contributed by atoms with Crippen LogP contribution in [0.25, 0.3) is 0 Å². The van der Waals surface area contributed by atoms with Gasteiger partial charge in [-0.05, 0) is 39.8 Å². The molecule has 0 bridgehead atoms. The minimum atomic E-state index is -0.731. The third kappa shape index (κ3) is 4.22. The highest BCUT2D eigenvalue weighted by Crippen LogP contribution is 2.27. The van der Waals surface area contributed by atoms with Crippen molar-refractivity contribution in [1.29, 1.82) is 0 Å². The molecule has 2 N–H and O–H groups in total. The highest BCUT2D eigenvalue weighted by molar-refractivity contribution is 5.39.